The lowest BCUT2D eigenvalue weighted by Crippen LogP contribution is -1.81. The van der Waals surface area contributed by atoms with Crippen molar-refractivity contribution in [1.82, 2.24) is 4.98 Å². The topological polar surface area (TPSA) is 15.8 Å². The van der Waals surface area contributed by atoms with Gasteiger partial charge in [0.2, 0.25) is 0 Å². The first-order valence-corrected chi connectivity index (χ1v) is 4.90. The molecule has 14 heavy (non-hydrogen) atoms. The number of unbranched alkanes of at least 4 members (excludes halogenated alkanes) is 1. The average Bonchev–Trinajstić information content (AvgIpc) is 2.63. The highest BCUT2D eigenvalue weighted by Gasteiger charge is 2.01. The van der Waals surface area contributed by atoms with Crippen molar-refractivity contribution in [1.29, 1.82) is 0 Å². The van der Waals surface area contributed by atoms with Gasteiger partial charge in [-0.3, -0.25) is 0 Å². The highest BCUT2D eigenvalue weighted by atomic mass is 14.7. The Morgan fingerprint density at radius 1 is 1.29 bits per heavy atom. The second-order valence-corrected chi connectivity index (χ2v) is 3.42. The van der Waals surface area contributed by atoms with E-state index in [0.29, 0.717) is 0 Å². The van der Waals surface area contributed by atoms with Crippen LogP contribution in [0.5, 0.6) is 0 Å². The molecular weight excluding hydrogens is 170 g/mol. The van der Waals surface area contributed by atoms with E-state index in [1.54, 1.807) is 0 Å². The van der Waals surface area contributed by atoms with Crippen LogP contribution in [-0.2, 0) is 6.42 Å². The summed E-state index contributed by atoms with van der Waals surface area (Å²) in [6.45, 7) is 0. The Balaban J connectivity index is 2.22. The first-order valence-electron chi connectivity index (χ1n) is 4.90. The van der Waals surface area contributed by atoms with Crippen LogP contribution in [0.1, 0.15) is 18.4 Å². The highest BCUT2D eigenvalue weighted by Crippen LogP contribution is 2.19. The van der Waals surface area contributed by atoms with E-state index in [4.69, 9.17) is 6.42 Å². The molecule has 0 aliphatic heterocycles. The van der Waals surface area contributed by atoms with E-state index in [-0.39, 0.29) is 0 Å². The number of aromatic amines is 1. The largest absolute Gasteiger partial charge is 0.361 e. The summed E-state index contributed by atoms with van der Waals surface area (Å²) >= 11 is 0. The Hall–Kier alpha value is -1.68. The fourth-order valence-corrected chi connectivity index (χ4v) is 1.72. The molecule has 1 heterocycles. The molecule has 0 radical (unpaired) electrons. The van der Waals surface area contributed by atoms with E-state index < -0.39 is 0 Å². The maximum Gasteiger partial charge on any atom is 0.0456 e. The minimum Gasteiger partial charge on any atom is -0.361 e. The van der Waals surface area contributed by atoms with Gasteiger partial charge in [-0.1, -0.05) is 18.2 Å². The van der Waals surface area contributed by atoms with Crippen molar-refractivity contribution in [3.63, 3.8) is 0 Å². The SMILES string of the molecule is C#CCCCc1c[nH]c2ccccc12. The van der Waals surface area contributed by atoms with Crippen LogP contribution >= 0.6 is 0 Å². The van der Waals surface area contributed by atoms with Crippen molar-refractivity contribution in [3.8, 4) is 12.3 Å². The molecule has 70 valence electrons. The van der Waals surface area contributed by atoms with Gasteiger partial charge in [-0.25, -0.2) is 0 Å². The molecule has 0 atom stereocenters. The maximum atomic E-state index is 5.22. The predicted molar refractivity (Wildman–Crippen MR) is 60.1 cm³/mol. The molecule has 0 unspecified atom stereocenters. The predicted octanol–water partition coefficient (Wildman–Crippen LogP) is 3.12. The molecular formula is C13H13N. The van der Waals surface area contributed by atoms with E-state index in [0.717, 1.165) is 19.3 Å². The van der Waals surface area contributed by atoms with Crippen LogP contribution in [0.25, 0.3) is 10.9 Å². The molecule has 2 rings (SSSR count). The van der Waals surface area contributed by atoms with Crippen molar-refractivity contribution < 1.29 is 0 Å². The second-order valence-electron chi connectivity index (χ2n) is 3.42. The van der Waals surface area contributed by atoms with E-state index in [1.807, 2.05) is 6.07 Å². The van der Waals surface area contributed by atoms with Gasteiger partial charge in [-0.2, -0.15) is 0 Å². The maximum absolute atomic E-state index is 5.22. The lowest BCUT2D eigenvalue weighted by Gasteiger charge is -1.95. The van der Waals surface area contributed by atoms with Gasteiger partial charge >= 0.3 is 0 Å². The molecule has 0 aliphatic rings. The Kier molecular flexibility index (Phi) is 2.55. The lowest BCUT2D eigenvalue weighted by molar-refractivity contribution is 0.863. The van der Waals surface area contributed by atoms with Gasteiger partial charge in [0.25, 0.3) is 0 Å². The third-order valence-corrected chi connectivity index (χ3v) is 2.44. The third-order valence-electron chi connectivity index (χ3n) is 2.44. The number of aromatic nitrogens is 1. The fraction of sp³-hybridized carbons (Fsp3) is 0.231. The Bertz CT molecular complexity index is 459. The quantitative estimate of drug-likeness (QED) is 0.556. The van der Waals surface area contributed by atoms with Gasteiger partial charge < -0.3 is 4.98 Å². The summed E-state index contributed by atoms with van der Waals surface area (Å²) in [5, 5.41) is 1.32. The highest BCUT2D eigenvalue weighted by molar-refractivity contribution is 5.82. The Morgan fingerprint density at radius 2 is 2.14 bits per heavy atom. The van der Waals surface area contributed by atoms with Gasteiger partial charge in [0.05, 0.1) is 0 Å². The molecule has 0 fully saturated rings. The van der Waals surface area contributed by atoms with E-state index in [9.17, 15) is 0 Å². The smallest absolute Gasteiger partial charge is 0.0456 e. The Morgan fingerprint density at radius 3 is 3.00 bits per heavy atom. The molecule has 0 saturated carbocycles. The molecule has 0 saturated heterocycles. The molecule has 1 aromatic heterocycles. The number of hydrogen-bond donors (Lipinski definition) is 1. The fourth-order valence-electron chi connectivity index (χ4n) is 1.72. The summed E-state index contributed by atoms with van der Waals surface area (Å²) < 4.78 is 0. The lowest BCUT2D eigenvalue weighted by atomic mass is 10.1. The minimum atomic E-state index is 0.861. The van der Waals surface area contributed by atoms with E-state index in [2.05, 4.69) is 35.3 Å². The van der Waals surface area contributed by atoms with Crippen molar-refractivity contribution in [2.75, 3.05) is 0 Å². The number of fused-ring (bicyclic) bond motifs is 1. The zero-order valence-corrected chi connectivity index (χ0v) is 8.09. The first kappa shape index (κ1) is 8.90. The van der Waals surface area contributed by atoms with Crippen LogP contribution in [0, 0.1) is 12.3 Å². The molecule has 0 amide bonds. The summed E-state index contributed by atoms with van der Waals surface area (Å²) in [7, 11) is 0. The normalized spacial score (nSPS) is 10.2. The molecule has 2 aromatic rings. The second kappa shape index (κ2) is 4.02. The van der Waals surface area contributed by atoms with Gasteiger partial charge in [-0.15, -0.1) is 12.3 Å². The molecule has 1 N–H and O–H groups in total. The summed E-state index contributed by atoms with van der Waals surface area (Å²) in [6, 6.07) is 8.36. The van der Waals surface area contributed by atoms with Crippen LogP contribution in [0.2, 0.25) is 0 Å². The van der Waals surface area contributed by atoms with Crippen LogP contribution in [0.15, 0.2) is 30.5 Å². The van der Waals surface area contributed by atoms with Crippen molar-refractivity contribution >= 4 is 10.9 Å². The van der Waals surface area contributed by atoms with Gasteiger partial charge in [0, 0.05) is 23.5 Å². The number of nitrogens with one attached hydrogen (secondary N) is 1. The van der Waals surface area contributed by atoms with Gasteiger partial charge in [-0.05, 0) is 24.5 Å². The summed E-state index contributed by atoms with van der Waals surface area (Å²) in [4.78, 5) is 3.26. The minimum absolute atomic E-state index is 0.861. The average molecular weight is 183 g/mol. The molecule has 1 heteroatoms. The van der Waals surface area contributed by atoms with Crippen molar-refractivity contribution in [2.45, 2.75) is 19.3 Å². The number of rotatable bonds is 3. The number of para-hydroxylation sites is 1. The van der Waals surface area contributed by atoms with Crippen LogP contribution in [0.3, 0.4) is 0 Å². The van der Waals surface area contributed by atoms with Crippen LogP contribution in [0.4, 0.5) is 0 Å². The van der Waals surface area contributed by atoms with Gasteiger partial charge in [0.1, 0.15) is 0 Å². The number of H-pyrrole nitrogens is 1. The molecule has 0 bridgehead atoms. The van der Waals surface area contributed by atoms with E-state index >= 15 is 0 Å². The van der Waals surface area contributed by atoms with Crippen LogP contribution < -0.4 is 0 Å². The van der Waals surface area contributed by atoms with Gasteiger partial charge in [0.15, 0.2) is 0 Å². The summed E-state index contributed by atoms with van der Waals surface area (Å²) in [5.74, 6) is 2.67. The molecule has 1 nitrogen and oxygen atoms in total. The Labute approximate surface area is 84.1 Å². The standard InChI is InChI=1S/C13H13N/c1-2-3-4-7-11-10-14-13-9-6-5-8-12(11)13/h1,5-6,8-10,14H,3-4,7H2. The number of aryl methyl sites for hydroxylation is 1. The van der Waals surface area contributed by atoms with Crippen LogP contribution in [-0.4, -0.2) is 4.98 Å². The molecule has 1 aromatic carbocycles. The molecule has 0 aliphatic carbocycles. The van der Waals surface area contributed by atoms with Crippen molar-refractivity contribution in [2.24, 2.45) is 0 Å². The first-order chi connectivity index (χ1) is 6.92. The zero-order chi connectivity index (χ0) is 9.80. The molecule has 0 spiro atoms. The van der Waals surface area contributed by atoms with E-state index in [1.165, 1.54) is 16.5 Å². The zero-order valence-electron chi connectivity index (χ0n) is 8.09. The summed E-state index contributed by atoms with van der Waals surface area (Å²) in [5.41, 5.74) is 2.58. The summed E-state index contributed by atoms with van der Waals surface area (Å²) in [6.07, 6.45) is 10.3. The third kappa shape index (κ3) is 1.65. The number of hydrogen-bond acceptors (Lipinski definition) is 0. The monoisotopic (exact) mass is 183 g/mol. The number of benzene rings is 1. The number of terminal acetylenes is 1. The van der Waals surface area contributed by atoms with Crippen molar-refractivity contribution in [3.05, 3.63) is 36.0 Å².